The molecule has 0 unspecified atom stereocenters. The Hall–Kier alpha value is -6.43. The van der Waals surface area contributed by atoms with E-state index in [1.807, 2.05) is 101 Å². The first-order valence-electron chi connectivity index (χ1n) is 15.5. The summed E-state index contributed by atoms with van der Waals surface area (Å²) < 4.78 is 5.27. The highest BCUT2D eigenvalue weighted by molar-refractivity contribution is 5.85. The molecule has 12 heteroatoms. The second-order valence-corrected chi connectivity index (χ2v) is 12.0. The lowest BCUT2D eigenvalue weighted by molar-refractivity contribution is 0.0636. The van der Waals surface area contributed by atoms with Crippen molar-refractivity contribution in [2.75, 3.05) is 21.7 Å². The predicted octanol–water partition coefficient (Wildman–Crippen LogP) is 8.11. The number of carbonyl (C=O) groups is 1. The molecule has 0 bridgehead atoms. The molecule has 0 fully saturated rings. The highest BCUT2D eigenvalue weighted by Gasteiger charge is 2.16. The smallest absolute Gasteiger partial charge is 0.412 e. The third-order valence-electron chi connectivity index (χ3n) is 6.80. The Morgan fingerprint density at radius 1 is 0.694 bits per heavy atom. The lowest BCUT2D eigenvalue weighted by Gasteiger charge is -2.20. The molecule has 49 heavy (non-hydrogen) atoms. The number of nitrogens with one attached hydrogen (secondary N) is 3. The molecule has 0 atom stereocenters. The van der Waals surface area contributed by atoms with Crippen molar-refractivity contribution in [3.8, 4) is 22.8 Å². The van der Waals surface area contributed by atoms with Gasteiger partial charge in [0.1, 0.15) is 17.2 Å². The first kappa shape index (κ1) is 33.9. The van der Waals surface area contributed by atoms with Crippen molar-refractivity contribution in [1.82, 2.24) is 29.9 Å². The number of hydrogen-bond acceptors (Lipinski definition) is 11. The number of ether oxygens (including phenoxy) is 1. The molecule has 0 aliphatic carbocycles. The van der Waals surface area contributed by atoms with E-state index >= 15 is 0 Å². The van der Waals surface area contributed by atoms with Crippen LogP contribution < -0.4 is 21.7 Å². The summed E-state index contributed by atoms with van der Waals surface area (Å²) in [7, 11) is 0. The van der Waals surface area contributed by atoms with Crippen LogP contribution in [0.15, 0.2) is 110 Å². The number of amides is 1. The maximum absolute atomic E-state index is 11.9. The molecule has 4 aromatic heterocycles. The number of anilines is 6. The number of carbonyl (C=O) groups excluding carboxylic acids is 1. The van der Waals surface area contributed by atoms with Crippen molar-refractivity contribution in [3.63, 3.8) is 0 Å². The molecule has 0 radical (unpaired) electrons. The van der Waals surface area contributed by atoms with Crippen LogP contribution in [0.5, 0.6) is 0 Å². The molecule has 12 nitrogen and oxygen atoms in total. The van der Waals surface area contributed by atoms with Gasteiger partial charge in [-0.25, -0.2) is 24.7 Å². The van der Waals surface area contributed by atoms with E-state index in [9.17, 15) is 4.79 Å². The normalized spacial score (nSPS) is 10.7. The number of nitrogens with zero attached hydrogens (tertiary/aromatic N) is 6. The molecule has 248 valence electrons. The zero-order chi connectivity index (χ0) is 34.8. The number of nitrogen functional groups attached to an aromatic ring is 1. The summed E-state index contributed by atoms with van der Waals surface area (Å²) >= 11 is 0. The summed E-state index contributed by atoms with van der Waals surface area (Å²) in [5.74, 6) is 2.64. The molecule has 6 rings (SSSR count). The Balaban J connectivity index is 0.000000199. The van der Waals surface area contributed by atoms with Gasteiger partial charge >= 0.3 is 6.09 Å². The summed E-state index contributed by atoms with van der Waals surface area (Å²) in [6.45, 7) is 9.43. The van der Waals surface area contributed by atoms with Crippen molar-refractivity contribution in [1.29, 1.82) is 0 Å². The van der Waals surface area contributed by atoms with Crippen LogP contribution in [0.3, 0.4) is 0 Å². The van der Waals surface area contributed by atoms with E-state index in [2.05, 4.69) is 45.9 Å². The van der Waals surface area contributed by atoms with Gasteiger partial charge < -0.3 is 21.1 Å². The second-order valence-electron chi connectivity index (χ2n) is 12.0. The van der Waals surface area contributed by atoms with Gasteiger partial charge in [-0.1, -0.05) is 0 Å². The number of aryl methyl sites for hydroxylation is 2. The van der Waals surface area contributed by atoms with Crippen molar-refractivity contribution < 1.29 is 9.53 Å². The van der Waals surface area contributed by atoms with Gasteiger partial charge in [0.2, 0.25) is 0 Å². The van der Waals surface area contributed by atoms with Gasteiger partial charge in [-0.15, -0.1) is 0 Å². The van der Waals surface area contributed by atoms with Gasteiger partial charge in [-0.3, -0.25) is 15.3 Å². The van der Waals surface area contributed by atoms with Crippen LogP contribution in [0.25, 0.3) is 22.8 Å². The second kappa shape index (κ2) is 15.4. The average Bonchev–Trinajstić information content (AvgIpc) is 3.08. The van der Waals surface area contributed by atoms with E-state index < -0.39 is 11.7 Å². The predicted molar refractivity (Wildman–Crippen MR) is 194 cm³/mol. The Morgan fingerprint density at radius 3 is 1.69 bits per heavy atom. The van der Waals surface area contributed by atoms with E-state index in [0.717, 1.165) is 45.1 Å². The molecule has 0 saturated heterocycles. The van der Waals surface area contributed by atoms with E-state index in [1.165, 1.54) is 0 Å². The van der Waals surface area contributed by atoms with Crippen LogP contribution in [-0.4, -0.2) is 41.6 Å². The first-order valence-corrected chi connectivity index (χ1v) is 15.5. The molecule has 0 saturated carbocycles. The van der Waals surface area contributed by atoms with Gasteiger partial charge in [0.15, 0.2) is 11.6 Å². The van der Waals surface area contributed by atoms with E-state index in [0.29, 0.717) is 23.2 Å². The van der Waals surface area contributed by atoms with Crippen molar-refractivity contribution in [2.24, 2.45) is 0 Å². The van der Waals surface area contributed by atoms with Crippen molar-refractivity contribution in [2.45, 2.75) is 40.2 Å². The Morgan fingerprint density at radius 2 is 1.22 bits per heavy atom. The first-order chi connectivity index (χ1) is 23.5. The summed E-state index contributed by atoms with van der Waals surface area (Å²) in [6.07, 6.45) is 9.85. The highest BCUT2D eigenvalue weighted by atomic mass is 16.6. The number of rotatable bonds is 7. The van der Waals surface area contributed by atoms with Crippen LogP contribution in [0.1, 0.15) is 31.9 Å². The summed E-state index contributed by atoms with van der Waals surface area (Å²) in [6, 6.07) is 22.5. The van der Waals surface area contributed by atoms with Crippen molar-refractivity contribution >= 4 is 40.5 Å². The molecule has 4 heterocycles. The van der Waals surface area contributed by atoms with E-state index in [4.69, 9.17) is 10.5 Å². The maximum Gasteiger partial charge on any atom is 0.412 e. The maximum atomic E-state index is 11.9. The van der Waals surface area contributed by atoms with E-state index in [1.54, 1.807) is 43.2 Å². The Bertz CT molecular complexity index is 2020. The van der Waals surface area contributed by atoms with Gasteiger partial charge in [0, 0.05) is 71.1 Å². The molecular formula is C37H38N10O2. The van der Waals surface area contributed by atoms with Gasteiger partial charge in [0.05, 0.1) is 0 Å². The quantitative estimate of drug-likeness (QED) is 0.123. The zero-order valence-corrected chi connectivity index (χ0v) is 28.0. The lowest BCUT2D eigenvalue weighted by atomic mass is 10.1. The number of nitrogens with two attached hydrogens (primary N) is 1. The van der Waals surface area contributed by atoms with Crippen LogP contribution in [-0.2, 0) is 4.74 Å². The molecule has 0 aliphatic heterocycles. The fourth-order valence-corrected chi connectivity index (χ4v) is 4.53. The number of pyridine rings is 2. The number of aromatic nitrogens is 6. The standard InChI is InChI=1S/C21H23N5O2.C16H15N5/c1-14-12-16(24-20(27)28-21(2,3)4)7-8-17(14)25-18-9-11-23-19(26-18)15-6-5-10-22-13-15;1-11-9-13(17)4-5-14(11)20-15-6-8-19-16(21-15)12-3-2-7-18-10-12/h5-13H,1-4H3,(H,24,27)(H,23,25,26);2-10H,17H2,1H3,(H,19,20,21). The highest BCUT2D eigenvalue weighted by Crippen LogP contribution is 2.25. The zero-order valence-electron chi connectivity index (χ0n) is 28.0. The van der Waals surface area contributed by atoms with Crippen LogP contribution >= 0.6 is 0 Å². The van der Waals surface area contributed by atoms with Crippen LogP contribution in [0.4, 0.5) is 39.2 Å². The largest absolute Gasteiger partial charge is 0.444 e. The molecule has 0 aliphatic rings. The summed E-state index contributed by atoms with van der Waals surface area (Å²) in [5, 5.41) is 9.31. The SMILES string of the molecule is Cc1cc(N)ccc1Nc1ccnc(-c2cccnc2)n1.Cc1cc(NC(=O)OC(C)(C)C)ccc1Nc1ccnc(-c2cccnc2)n1. The number of benzene rings is 2. The minimum Gasteiger partial charge on any atom is -0.444 e. The summed E-state index contributed by atoms with van der Waals surface area (Å²) in [4.78, 5) is 37.7. The Labute approximate surface area is 285 Å². The fourth-order valence-electron chi connectivity index (χ4n) is 4.53. The number of hydrogen-bond donors (Lipinski definition) is 4. The monoisotopic (exact) mass is 654 g/mol. The molecule has 6 aromatic rings. The minimum absolute atomic E-state index is 0.482. The topological polar surface area (TPSA) is 166 Å². The molecule has 1 amide bonds. The average molecular weight is 655 g/mol. The van der Waals surface area contributed by atoms with Gasteiger partial charge in [0.25, 0.3) is 0 Å². The van der Waals surface area contributed by atoms with Gasteiger partial charge in [-0.05, 0) is 119 Å². The molecule has 5 N–H and O–H groups in total. The molecule has 0 spiro atoms. The van der Waals surface area contributed by atoms with Crippen LogP contribution in [0, 0.1) is 13.8 Å². The fraction of sp³-hybridized carbons (Fsp3) is 0.162. The van der Waals surface area contributed by atoms with Crippen LogP contribution in [0.2, 0.25) is 0 Å². The third kappa shape index (κ3) is 10.0. The lowest BCUT2D eigenvalue weighted by Crippen LogP contribution is -2.27. The van der Waals surface area contributed by atoms with Crippen molar-refractivity contribution in [3.05, 3.63) is 121 Å². The molecular weight excluding hydrogens is 616 g/mol. The van der Waals surface area contributed by atoms with Gasteiger partial charge in [-0.2, -0.15) is 0 Å². The molecule has 2 aromatic carbocycles. The van der Waals surface area contributed by atoms with E-state index in [-0.39, 0.29) is 0 Å². The minimum atomic E-state index is -0.542. The Kier molecular flexibility index (Phi) is 10.7. The third-order valence-corrected chi connectivity index (χ3v) is 6.80. The summed E-state index contributed by atoms with van der Waals surface area (Å²) in [5.41, 5.74) is 12.2.